The summed E-state index contributed by atoms with van der Waals surface area (Å²) in [7, 11) is 0. The van der Waals surface area contributed by atoms with Crippen LogP contribution in [-0.2, 0) is 12.8 Å². The van der Waals surface area contributed by atoms with Crippen LogP contribution in [0.5, 0.6) is 11.5 Å². The maximum absolute atomic E-state index is 10.6. The number of fused-ring (bicyclic) bond motifs is 1. The van der Waals surface area contributed by atoms with Crippen molar-refractivity contribution in [1.82, 2.24) is 0 Å². The first-order valence-electron chi connectivity index (χ1n) is 9.39. The van der Waals surface area contributed by atoms with E-state index in [2.05, 4.69) is 32.1 Å². The summed E-state index contributed by atoms with van der Waals surface area (Å²) in [6.45, 7) is 7.62. The van der Waals surface area contributed by atoms with Crippen LogP contribution in [0.25, 0.3) is 12.2 Å². The maximum atomic E-state index is 10.6. The molecule has 3 rings (SSSR count). The summed E-state index contributed by atoms with van der Waals surface area (Å²) in [4.78, 5) is 0. The SMILES string of the molecule is CC(C)=CCc1c(O)cc2c(c1C=Cc1ccccc1)C[C@@H](C(C)(C)O)O2. The van der Waals surface area contributed by atoms with Gasteiger partial charge in [0, 0.05) is 23.6 Å². The highest BCUT2D eigenvalue weighted by molar-refractivity contribution is 5.76. The number of phenols is 1. The van der Waals surface area contributed by atoms with Gasteiger partial charge in [0.2, 0.25) is 0 Å². The first-order chi connectivity index (χ1) is 12.8. The molecule has 0 bridgehead atoms. The Morgan fingerprint density at radius 3 is 2.52 bits per heavy atom. The van der Waals surface area contributed by atoms with E-state index in [9.17, 15) is 10.2 Å². The third-order valence-electron chi connectivity index (χ3n) is 4.93. The molecular formula is C24H28O3. The quantitative estimate of drug-likeness (QED) is 0.570. The van der Waals surface area contributed by atoms with Gasteiger partial charge in [0.05, 0.1) is 5.60 Å². The summed E-state index contributed by atoms with van der Waals surface area (Å²) in [6, 6.07) is 11.8. The Balaban J connectivity index is 2.07. The lowest BCUT2D eigenvalue weighted by Crippen LogP contribution is -2.39. The minimum Gasteiger partial charge on any atom is -0.507 e. The molecule has 0 amide bonds. The summed E-state index contributed by atoms with van der Waals surface area (Å²) >= 11 is 0. The molecule has 0 aliphatic carbocycles. The zero-order chi connectivity index (χ0) is 19.6. The molecule has 1 aliphatic heterocycles. The van der Waals surface area contributed by atoms with Crippen molar-refractivity contribution >= 4 is 12.2 Å². The smallest absolute Gasteiger partial charge is 0.131 e. The second-order valence-corrected chi connectivity index (χ2v) is 7.96. The number of allylic oxidation sites excluding steroid dienone is 2. The number of hydrogen-bond acceptors (Lipinski definition) is 3. The summed E-state index contributed by atoms with van der Waals surface area (Å²) in [5.74, 6) is 0.892. The molecule has 0 radical (unpaired) electrons. The number of benzene rings is 2. The predicted molar refractivity (Wildman–Crippen MR) is 111 cm³/mol. The lowest BCUT2D eigenvalue weighted by atomic mass is 9.90. The van der Waals surface area contributed by atoms with Crippen molar-refractivity contribution < 1.29 is 14.9 Å². The average Bonchev–Trinajstić information content (AvgIpc) is 3.03. The van der Waals surface area contributed by atoms with Gasteiger partial charge in [0.15, 0.2) is 0 Å². The van der Waals surface area contributed by atoms with Crippen LogP contribution in [0.3, 0.4) is 0 Å². The number of phenolic OH excluding ortho intramolecular Hbond substituents is 1. The van der Waals surface area contributed by atoms with E-state index >= 15 is 0 Å². The molecule has 2 N–H and O–H groups in total. The number of rotatable bonds is 5. The van der Waals surface area contributed by atoms with Gasteiger partial charge in [-0.15, -0.1) is 0 Å². The van der Waals surface area contributed by atoms with Crippen LogP contribution < -0.4 is 4.74 Å². The van der Waals surface area contributed by atoms with Gasteiger partial charge in [-0.2, -0.15) is 0 Å². The zero-order valence-electron chi connectivity index (χ0n) is 16.5. The van der Waals surface area contributed by atoms with Crippen LogP contribution >= 0.6 is 0 Å². The van der Waals surface area contributed by atoms with E-state index in [0.29, 0.717) is 18.6 Å². The fraction of sp³-hybridized carbons (Fsp3) is 0.333. The number of ether oxygens (including phenoxy) is 1. The third kappa shape index (κ3) is 4.42. The lowest BCUT2D eigenvalue weighted by Gasteiger charge is -2.24. The Morgan fingerprint density at radius 1 is 1.19 bits per heavy atom. The monoisotopic (exact) mass is 364 g/mol. The largest absolute Gasteiger partial charge is 0.507 e. The van der Waals surface area contributed by atoms with Gasteiger partial charge in [0.25, 0.3) is 0 Å². The van der Waals surface area contributed by atoms with Crippen LogP contribution in [0.2, 0.25) is 0 Å². The molecule has 1 heterocycles. The van der Waals surface area contributed by atoms with Gasteiger partial charge in [0.1, 0.15) is 17.6 Å². The van der Waals surface area contributed by atoms with Crippen molar-refractivity contribution in [2.45, 2.75) is 52.2 Å². The van der Waals surface area contributed by atoms with Gasteiger partial charge < -0.3 is 14.9 Å². The van der Waals surface area contributed by atoms with E-state index in [1.807, 2.05) is 30.3 Å². The van der Waals surface area contributed by atoms with E-state index in [-0.39, 0.29) is 11.9 Å². The highest BCUT2D eigenvalue weighted by Gasteiger charge is 2.36. The normalized spacial score (nSPS) is 16.3. The zero-order valence-corrected chi connectivity index (χ0v) is 16.5. The summed E-state index contributed by atoms with van der Waals surface area (Å²) in [5.41, 5.74) is 4.28. The van der Waals surface area contributed by atoms with E-state index in [1.165, 1.54) is 5.57 Å². The van der Waals surface area contributed by atoms with E-state index < -0.39 is 5.60 Å². The molecule has 0 saturated heterocycles. The summed E-state index contributed by atoms with van der Waals surface area (Å²) in [5, 5.41) is 21.0. The van der Waals surface area contributed by atoms with Crippen LogP contribution in [0.4, 0.5) is 0 Å². The van der Waals surface area contributed by atoms with Crippen molar-refractivity contribution in [3.63, 3.8) is 0 Å². The lowest BCUT2D eigenvalue weighted by molar-refractivity contribution is -0.0230. The van der Waals surface area contributed by atoms with E-state index in [1.54, 1.807) is 19.9 Å². The van der Waals surface area contributed by atoms with Crippen LogP contribution in [0.15, 0.2) is 48.0 Å². The van der Waals surface area contributed by atoms with Crippen LogP contribution in [0.1, 0.15) is 49.9 Å². The first kappa shape index (κ1) is 19.2. The summed E-state index contributed by atoms with van der Waals surface area (Å²) < 4.78 is 5.97. The standard InChI is InChI=1S/C24H28O3/c1-16(2)10-12-19-18(13-11-17-8-6-5-7-9-17)20-14-23(24(3,4)26)27-22(20)15-21(19)25/h5-11,13,15,23,25-26H,12,14H2,1-4H3/t23-/m0/s1. The van der Waals surface area contributed by atoms with Crippen molar-refractivity contribution in [2.75, 3.05) is 0 Å². The van der Waals surface area contributed by atoms with Crippen molar-refractivity contribution in [1.29, 1.82) is 0 Å². The van der Waals surface area contributed by atoms with Gasteiger partial charge in [-0.05, 0) is 45.2 Å². The molecule has 3 heteroatoms. The minimum absolute atomic E-state index is 0.232. The van der Waals surface area contributed by atoms with Crippen LogP contribution in [0, 0.1) is 0 Å². The first-order valence-corrected chi connectivity index (χ1v) is 9.39. The number of aliphatic hydroxyl groups is 1. The van der Waals surface area contributed by atoms with E-state index in [0.717, 1.165) is 22.3 Å². The van der Waals surface area contributed by atoms with Crippen molar-refractivity contribution in [3.05, 3.63) is 70.3 Å². The molecule has 0 spiro atoms. The second kappa shape index (κ2) is 7.61. The Kier molecular flexibility index (Phi) is 5.43. The summed E-state index contributed by atoms with van der Waals surface area (Å²) in [6.07, 6.45) is 7.18. The Morgan fingerprint density at radius 2 is 1.89 bits per heavy atom. The topological polar surface area (TPSA) is 49.7 Å². The molecule has 0 unspecified atom stereocenters. The molecule has 2 aromatic rings. The molecule has 1 aliphatic rings. The van der Waals surface area contributed by atoms with Crippen LogP contribution in [-0.4, -0.2) is 21.9 Å². The fourth-order valence-electron chi connectivity index (χ4n) is 3.31. The molecular weight excluding hydrogens is 336 g/mol. The molecule has 1 atom stereocenters. The number of aromatic hydroxyl groups is 1. The fourth-order valence-corrected chi connectivity index (χ4v) is 3.31. The number of hydrogen-bond donors (Lipinski definition) is 2. The minimum atomic E-state index is -0.949. The van der Waals surface area contributed by atoms with Gasteiger partial charge in [-0.1, -0.05) is 54.1 Å². The molecule has 0 aromatic heterocycles. The third-order valence-corrected chi connectivity index (χ3v) is 4.93. The molecule has 2 aromatic carbocycles. The average molecular weight is 364 g/mol. The van der Waals surface area contributed by atoms with Crippen molar-refractivity contribution in [2.24, 2.45) is 0 Å². The van der Waals surface area contributed by atoms with Gasteiger partial charge >= 0.3 is 0 Å². The van der Waals surface area contributed by atoms with E-state index in [4.69, 9.17) is 4.74 Å². The highest BCUT2D eigenvalue weighted by atomic mass is 16.5. The Labute approximate surface area is 161 Å². The van der Waals surface area contributed by atoms with Crippen molar-refractivity contribution in [3.8, 4) is 11.5 Å². The highest BCUT2D eigenvalue weighted by Crippen LogP contribution is 2.42. The maximum Gasteiger partial charge on any atom is 0.131 e. The Hall–Kier alpha value is -2.52. The van der Waals surface area contributed by atoms with Gasteiger partial charge in [-0.3, -0.25) is 0 Å². The predicted octanol–water partition coefficient (Wildman–Crippen LogP) is 5.15. The molecule has 27 heavy (non-hydrogen) atoms. The molecule has 0 fully saturated rings. The van der Waals surface area contributed by atoms with Gasteiger partial charge in [-0.25, -0.2) is 0 Å². The molecule has 142 valence electrons. The molecule has 3 nitrogen and oxygen atoms in total. The second-order valence-electron chi connectivity index (χ2n) is 7.96. The molecule has 0 saturated carbocycles. The Bertz CT molecular complexity index is 867.